The summed E-state index contributed by atoms with van der Waals surface area (Å²) < 4.78 is 0. The lowest BCUT2D eigenvalue weighted by Gasteiger charge is -2.36. The van der Waals surface area contributed by atoms with Crippen LogP contribution in [-0.2, 0) is 0 Å². The zero-order chi connectivity index (χ0) is 16.5. The molecule has 1 unspecified atom stereocenters. The number of carbonyl (C=O) groups excluding carboxylic acids is 1. The maximum absolute atomic E-state index is 11.9. The van der Waals surface area contributed by atoms with E-state index in [2.05, 4.69) is 45.8 Å². The number of rotatable bonds is 7. The van der Waals surface area contributed by atoms with Gasteiger partial charge in [0.1, 0.15) is 0 Å². The summed E-state index contributed by atoms with van der Waals surface area (Å²) in [7, 11) is 0. The van der Waals surface area contributed by atoms with Crippen LogP contribution in [0, 0.1) is 0 Å². The van der Waals surface area contributed by atoms with Crippen molar-refractivity contribution in [2.75, 3.05) is 31.6 Å². The van der Waals surface area contributed by atoms with Crippen molar-refractivity contribution in [2.45, 2.75) is 38.3 Å². The van der Waals surface area contributed by atoms with Gasteiger partial charge in [-0.15, -0.1) is 0 Å². The van der Waals surface area contributed by atoms with Crippen LogP contribution < -0.4 is 10.6 Å². The first-order valence-corrected chi connectivity index (χ1v) is 9.77. The molecule has 1 aliphatic heterocycles. The molecular formula is C17H28N4OS. The summed E-state index contributed by atoms with van der Waals surface area (Å²) in [6.07, 6.45) is 8.82. The lowest BCUT2D eigenvalue weighted by Crippen LogP contribution is -2.48. The summed E-state index contributed by atoms with van der Waals surface area (Å²) in [5, 5.41) is 6.04. The molecular weight excluding hydrogens is 308 g/mol. The first kappa shape index (κ1) is 18.1. The van der Waals surface area contributed by atoms with Gasteiger partial charge in [0.25, 0.3) is 0 Å². The van der Waals surface area contributed by atoms with E-state index in [1.54, 1.807) is 0 Å². The van der Waals surface area contributed by atoms with Crippen LogP contribution in [-0.4, -0.2) is 53.6 Å². The molecule has 1 saturated heterocycles. The van der Waals surface area contributed by atoms with Gasteiger partial charge in [0.15, 0.2) is 0 Å². The molecule has 0 radical (unpaired) electrons. The molecule has 1 aromatic rings. The highest BCUT2D eigenvalue weighted by Crippen LogP contribution is 2.23. The normalized spacial score (nSPS) is 17.7. The van der Waals surface area contributed by atoms with Gasteiger partial charge in [0.05, 0.1) is 0 Å². The maximum Gasteiger partial charge on any atom is 0.315 e. The Morgan fingerprint density at radius 2 is 2.09 bits per heavy atom. The van der Waals surface area contributed by atoms with Gasteiger partial charge in [-0.25, -0.2) is 4.79 Å². The molecule has 0 aromatic carbocycles. The topological polar surface area (TPSA) is 57.3 Å². The molecule has 0 spiro atoms. The van der Waals surface area contributed by atoms with Gasteiger partial charge < -0.3 is 10.6 Å². The minimum atomic E-state index is -0.0215. The highest BCUT2D eigenvalue weighted by atomic mass is 32.2. The first-order chi connectivity index (χ1) is 11.2. The van der Waals surface area contributed by atoms with Gasteiger partial charge in [0.2, 0.25) is 0 Å². The van der Waals surface area contributed by atoms with Gasteiger partial charge in [-0.2, -0.15) is 11.8 Å². The minimum absolute atomic E-state index is 0.0215. The van der Waals surface area contributed by atoms with Gasteiger partial charge in [-0.1, -0.05) is 0 Å². The van der Waals surface area contributed by atoms with Gasteiger partial charge in [-0.05, 0) is 55.9 Å². The lowest BCUT2D eigenvalue weighted by molar-refractivity contribution is 0.153. The number of pyridine rings is 1. The van der Waals surface area contributed by atoms with E-state index >= 15 is 0 Å². The van der Waals surface area contributed by atoms with Crippen molar-refractivity contribution < 1.29 is 4.79 Å². The van der Waals surface area contributed by atoms with Crippen molar-refractivity contribution in [1.82, 2.24) is 20.5 Å². The first-order valence-electron chi connectivity index (χ1n) is 8.38. The second-order valence-electron chi connectivity index (χ2n) is 6.01. The van der Waals surface area contributed by atoms with Crippen LogP contribution in [0.1, 0.15) is 37.8 Å². The summed E-state index contributed by atoms with van der Waals surface area (Å²) in [6, 6.07) is 4.83. The minimum Gasteiger partial charge on any atom is -0.338 e. The molecule has 1 aliphatic rings. The quantitative estimate of drug-likeness (QED) is 0.752. The molecule has 6 heteroatoms. The molecule has 128 valence electrons. The van der Waals surface area contributed by atoms with Crippen molar-refractivity contribution in [3.63, 3.8) is 0 Å². The molecule has 2 rings (SSSR count). The number of urea groups is 1. The number of nitrogens with one attached hydrogen (secondary N) is 2. The summed E-state index contributed by atoms with van der Waals surface area (Å²) in [6.45, 7) is 5.02. The number of hydrogen-bond donors (Lipinski definition) is 2. The van der Waals surface area contributed by atoms with Gasteiger partial charge in [-0.3, -0.25) is 9.88 Å². The number of aromatic nitrogens is 1. The summed E-state index contributed by atoms with van der Waals surface area (Å²) in [5.74, 6) is 1.09. The van der Waals surface area contributed by atoms with E-state index in [0.717, 1.165) is 44.6 Å². The predicted octanol–water partition coefficient (Wildman–Crippen LogP) is 2.66. The summed E-state index contributed by atoms with van der Waals surface area (Å²) in [5.41, 5.74) is 1.30. The third-order valence-corrected chi connectivity index (χ3v) is 5.11. The number of likely N-dealkylation sites (tertiary alicyclic amines) is 1. The fourth-order valence-corrected chi connectivity index (χ4v) is 3.37. The zero-order valence-corrected chi connectivity index (χ0v) is 14.9. The van der Waals surface area contributed by atoms with E-state index in [9.17, 15) is 4.79 Å². The molecule has 23 heavy (non-hydrogen) atoms. The van der Waals surface area contributed by atoms with Crippen LogP contribution in [0.25, 0.3) is 0 Å². The number of thioether (sulfide) groups is 1. The fourth-order valence-electron chi connectivity index (χ4n) is 2.94. The summed E-state index contributed by atoms with van der Waals surface area (Å²) >= 11 is 1.81. The number of piperidine rings is 1. The number of nitrogens with zero attached hydrogens (tertiary/aromatic N) is 2. The van der Waals surface area contributed by atoms with Gasteiger partial charge >= 0.3 is 6.03 Å². The van der Waals surface area contributed by atoms with Crippen molar-refractivity contribution in [3.8, 4) is 0 Å². The molecule has 1 atom stereocenters. The molecule has 1 fully saturated rings. The van der Waals surface area contributed by atoms with Crippen LogP contribution in [0.5, 0.6) is 0 Å². The highest BCUT2D eigenvalue weighted by molar-refractivity contribution is 7.98. The predicted molar refractivity (Wildman–Crippen MR) is 96.8 cm³/mol. The molecule has 0 saturated carbocycles. The van der Waals surface area contributed by atoms with E-state index < -0.39 is 0 Å². The Kier molecular flexibility index (Phi) is 7.68. The molecule has 1 aromatic heterocycles. The van der Waals surface area contributed by atoms with Gasteiger partial charge in [0, 0.05) is 44.1 Å². The van der Waals surface area contributed by atoms with Crippen molar-refractivity contribution >= 4 is 17.8 Å². The van der Waals surface area contributed by atoms with Crippen LogP contribution in [0.3, 0.4) is 0 Å². The third-order valence-electron chi connectivity index (χ3n) is 4.41. The van der Waals surface area contributed by atoms with Crippen molar-refractivity contribution in [1.29, 1.82) is 0 Å². The van der Waals surface area contributed by atoms with E-state index in [-0.39, 0.29) is 12.1 Å². The molecule has 2 amide bonds. The van der Waals surface area contributed by atoms with Crippen LogP contribution in [0.15, 0.2) is 24.5 Å². The molecule has 0 aliphatic carbocycles. The maximum atomic E-state index is 11.9. The SMILES string of the molecule is CSCCCNC(=O)NC1CCN(C(C)c2ccncc2)CC1. The largest absolute Gasteiger partial charge is 0.338 e. The molecule has 5 nitrogen and oxygen atoms in total. The number of hydrogen-bond acceptors (Lipinski definition) is 4. The van der Waals surface area contributed by atoms with Crippen molar-refractivity contribution in [2.24, 2.45) is 0 Å². The zero-order valence-electron chi connectivity index (χ0n) is 14.1. The standard InChI is InChI=1S/C17H28N4OS/c1-14(15-4-9-18-10-5-15)21-11-6-16(7-12-21)20-17(22)19-8-3-13-23-2/h4-5,9-10,14,16H,3,6-8,11-13H2,1-2H3,(H2,19,20,22). The van der Waals surface area contributed by atoms with Crippen LogP contribution >= 0.6 is 11.8 Å². The Bertz CT molecular complexity index is 463. The smallest absolute Gasteiger partial charge is 0.315 e. The second-order valence-corrected chi connectivity index (χ2v) is 7.00. The van der Waals surface area contributed by atoms with E-state index in [0.29, 0.717) is 6.04 Å². The highest BCUT2D eigenvalue weighted by Gasteiger charge is 2.24. The van der Waals surface area contributed by atoms with E-state index in [1.807, 2.05) is 24.2 Å². The number of carbonyl (C=O) groups is 1. The second kappa shape index (κ2) is 9.78. The monoisotopic (exact) mass is 336 g/mol. The average molecular weight is 337 g/mol. The molecule has 0 bridgehead atoms. The average Bonchev–Trinajstić information content (AvgIpc) is 2.59. The van der Waals surface area contributed by atoms with Crippen molar-refractivity contribution in [3.05, 3.63) is 30.1 Å². The van der Waals surface area contributed by atoms with E-state index in [1.165, 1.54) is 5.56 Å². The lowest BCUT2D eigenvalue weighted by atomic mass is 10.0. The Morgan fingerprint density at radius 3 is 2.74 bits per heavy atom. The van der Waals surface area contributed by atoms with E-state index in [4.69, 9.17) is 0 Å². The Balaban J connectivity index is 1.68. The van der Waals surface area contributed by atoms with Crippen LogP contribution in [0.2, 0.25) is 0 Å². The Hall–Kier alpha value is -1.27. The van der Waals surface area contributed by atoms with Crippen LogP contribution in [0.4, 0.5) is 4.79 Å². The molecule has 2 N–H and O–H groups in total. The summed E-state index contributed by atoms with van der Waals surface area (Å²) in [4.78, 5) is 18.4. The Labute approximate surface area is 143 Å². The number of amides is 2. The Morgan fingerprint density at radius 1 is 1.39 bits per heavy atom. The fraction of sp³-hybridized carbons (Fsp3) is 0.647. The molecule has 2 heterocycles. The third kappa shape index (κ3) is 6.03.